The molecule has 0 radical (unpaired) electrons. The number of hydrogen-bond donors (Lipinski definition) is 2. The van der Waals surface area contributed by atoms with Gasteiger partial charge in [-0.25, -0.2) is 10.9 Å². The number of nitrogens with zero attached hydrogens (tertiary/aromatic N) is 2. The Morgan fingerprint density at radius 3 is 2.00 bits per heavy atom. The highest BCUT2D eigenvalue weighted by molar-refractivity contribution is 6.36. The van der Waals surface area contributed by atoms with Crippen molar-refractivity contribution in [1.29, 1.82) is 0 Å². The standard InChI is InChI=1S/C18H14Cl4N4O3/c19-13-2-1-12(16(22)6-13)8-24-26-18(28)10-29-9-17(27)25-23-7-11-3-14(20)5-15(21)4-11/h1-8H,9-10H2,(H,25,27)(H,26,28)/b23-7-,24-8-. The minimum Gasteiger partial charge on any atom is -0.362 e. The van der Waals surface area contributed by atoms with Gasteiger partial charge in [-0.15, -0.1) is 0 Å². The van der Waals surface area contributed by atoms with E-state index in [0.29, 0.717) is 31.2 Å². The molecule has 152 valence electrons. The van der Waals surface area contributed by atoms with Gasteiger partial charge < -0.3 is 4.74 Å². The summed E-state index contributed by atoms with van der Waals surface area (Å²) in [6.07, 6.45) is 2.74. The number of hydrazone groups is 2. The van der Waals surface area contributed by atoms with Crippen molar-refractivity contribution in [1.82, 2.24) is 10.9 Å². The summed E-state index contributed by atoms with van der Waals surface area (Å²) in [4.78, 5) is 23.3. The van der Waals surface area contributed by atoms with E-state index in [2.05, 4.69) is 21.1 Å². The first-order valence-electron chi connectivity index (χ1n) is 7.96. The van der Waals surface area contributed by atoms with Crippen LogP contribution in [0, 0.1) is 0 Å². The Balaban J connectivity index is 1.68. The smallest absolute Gasteiger partial charge is 0.266 e. The number of halogens is 4. The van der Waals surface area contributed by atoms with E-state index in [-0.39, 0.29) is 13.2 Å². The van der Waals surface area contributed by atoms with Crippen LogP contribution >= 0.6 is 46.4 Å². The van der Waals surface area contributed by atoms with E-state index in [1.54, 1.807) is 36.4 Å². The van der Waals surface area contributed by atoms with Crippen molar-refractivity contribution in [3.8, 4) is 0 Å². The Morgan fingerprint density at radius 2 is 1.41 bits per heavy atom. The first kappa shape index (κ1) is 23.1. The van der Waals surface area contributed by atoms with Gasteiger partial charge in [0.15, 0.2) is 0 Å². The summed E-state index contributed by atoms with van der Waals surface area (Å²) >= 11 is 23.5. The second-order valence-corrected chi connectivity index (χ2v) is 7.16. The highest BCUT2D eigenvalue weighted by atomic mass is 35.5. The van der Waals surface area contributed by atoms with Gasteiger partial charge in [-0.3, -0.25) is 9.59 Å². The molecule has 2 aromatic carbocycles. The molecule has 0 aliphatic carbocycles. The highest BCUT2D eigenvalue weighted by Gasteiger charge is 2.04. The molecule has 2 rings (SSSR count). The highest BCUT2D eigenvalue weighted by Crippen LogP contribution is 2.19. The molecule has 0 saturated heterocycles. The van der Waals surface area contributed by atoms with Crippen molar-refractivity contribution >= 4 is 70.6 Å². The summed E-state index contributed by atoms with van der Waals surface area (Å²) in [7, 11) is 0. The molecule has 0 fully saturated rings. The lowest BCUT2D eigenvalue weighted by molar-refractivity contribution is -0.130. The van der Waals surface area contributed by atoms with Gasteiger partial charge in [-0.05, 0) is 35.9 Å². The van der Waals surface area contributed by atoms with Crippen molar-refractivity contribution in [3.05, 3.63) is 67.6 Å². The van der Waals surface area contributed by atoms with Crippen LogP contribution in [0.3, 0.4) is 0 Å². The van der Waals surface area contributed by atoms with E-state index in [1.165, 1.54) is 12.4 Å². The first-order valence-corrected chi connectivity index (χ1v) is 9.47. The van der Waals surface area contributed by atoms with Gasteiger partial charge in [-0.1, -0.05) is 52.5 Å². The maximum atomic E-state index is 11.6. The molecular weight excluding hydrogens is 462 g/mol. The van der Waals surface area contributed by atoms with Crippen molar-refractivity contribution < 1.29 is 14.3 Å². The summed E-state index contributed by atoms with van der Waals surface area (Å²) < 4.78 is 4.98. The molecule has 0 bridgehead atoms. The zero-order valence-electron chi connectivity index (χ0n) is 14.7. The molecular formula is C18H14Cl4N4O3. The number of rotatable bonds is 8. The number of nitrogens with one attached hydrogen (secondary N) is 2. The lowest BCUT2D eigenvalue weighted by Gasteiger charge is -2.03. The number of ether oxygens (including phenoxy) is 1. The molecule has 29 heavy (non-hydrogen) atoms. The lowest BCUT2D eigenvalue weighted by atomic mass is 10.2. The van der Waals surface area contributed by atoms with Crippen LogP contribution in [0.25, 0.3) is 0 Å². The van der Waals surface area contributed by atoms with Crippen LogP contribution in [0.4, 0.5) is 0 Å². The van der Waals surface area contributed by atoms with E-state index in [1.807, 2.05) is 0 Å². The normalized spacial score (nSPS) is 11.2. The maximum absolute atomic E-state index is 11.6. The average molecular weight is 476 g/mol. The molecule has 2 amide bonds. The van der Waals surface area contributed by atoms with Gasteiger partial charge in [0.05, 0.1) is 17.5 Å². The average Bonchev–Trinajstić information content (AvgIpc) is 2.63. The lowest BCUT2D eigenvalue weighted by Crippen LogP contribution is -2.28. The summed E-state index contributed by atoms with van der Waals surface area (Å²) in [5, 5.41) is 9.27. The van der Waals surface area contributed by atoms with Crippen LogP contribution in [-0.4, -0.2) is 37.5 Å². The number of benzene rings is 2. The van der Waals surface area contributed by atoms with E-state index in [0.717, 1.165) is 0 Å². The molecule has 2 aromatic rings. The molecule has 0 aromatic heterocycles. The van der Waals surface area contributed by atoms with Gasteiger partial charge in [0.1, 0.15) is 13.2 Å². The topological polar surface area (TPSA) is 92.2 Å². The predicted octanol–water partition coefficient (Wildman–Crippen LogP) is 3.92. The Labute approximate surface area is 186 Å². The number of amides is 2. The maximum Gasteiger partial charge on any atom is 0.266 e. The molecule has 7 nitrogen and oxygen atoms in total. The predicted molar refractivity (Wildman–Crippen MR) is 115 cm³/mol. The fraction of sp³-hybridized carbons (Fsp3) is 0.111. The molecule has 0 unspecified atom stereocenters. The second kappa shape index (κ2) is 11.7. The zero-order chi connectivity index (χ0) is 21.2. The summed E-state index contributed by atoms with van der Waals surface area (Å²) in [5.41, 5.74) is 5.69. The van der Waals surface area contributed by atoms with Gasteiger partial charge in [0.2, 0.25) is 0 Å². The van der Waals surface area contributed by atoms with Crippen molar-refractivity contribution in [2.75, 3.05) is 13.2 Å². The number of carbonyl (C=O) groups excluding carboxylic acids is 2. The number of hydrogen-bond acceptors (Lipinski definition) is 5. The molecule has 0 spiro atoms. The zero-order valence-corrected chi connectivity index (χ0v) is 17.7. The molecule has 2 N–H and O–H groups in total. The minimum absolute atomic E-state index is 0.367. The Hall–Kier alpha value is -2.16. The van der Waals surface area contributed by atoms with Gasteiger partial charge >= 0.3 is 0 Å². The largest absolute Gasteiger partial charge is 0.362 e. The summed E-state index contributed by atoms with van der Waals surface area (Å²) in [6.45, 7) is -0.736. The molecule has 0 aliphatic rings. The fourth-order valence-electron chi connectivity index (χ4n) is 1.91. The molecule has 0 atom stereocenters. The first-order chi connectivity index (χ1) is 13.8. The van der Waals surface area contributed by atoms with E-state index in [9.17, 15) is 9.59 Å². The van der Waals surface area contributed by atoms with E-state index >= 15 is 0 Å². The van der Waals surface area contributed by atoms with Crippen LogP contribution in [0.5, 0.6) is 0 Å². The Morgan fingerprint density at radius 1 is 0.828 bits per heavy atom. The number of carbonyl (C=O) groups is 2. The van der Waals surface area contributed by atoms with Crippen LogP contribution in [0.1, 0.15) is 11.1 Å². The third kappa shape index (κ3) is 8.81. The Kier molecular flexibility index (Phi) is 9.37. The molecule has 11 heteroatoms. The fourth-order valence-corrected chi connectivity index (χ4v) is 2.91. The minimum atomic E-state index is -0.545. The van der Waals surface area contributed by atoms with Gasteiger partial charge in [-0.2, -0.15) is 10.2 Å². The van der Waals surface area contributed by atoms with Gasteiger partial charge in [0, 0.05) is 20.6 Å². The molecule has 0 saturated carbocycles. The third-order valence-electron chi connectivity index (χ3n) is 3.11. The summed E-state index contributed by atoms with van der Waals surface area (Å²) in [5.74, 6) is -1.09. The van der Waals surface area contributed by atoms with Crippen molar-refractivity contribution in [2.24, 2.45) is 10.2 Å². The Bertz CT molecular complexity index is 930. The SMILES string of the molecule is O=C(COCC(=O)N/N=C\c1ccc(Cl)cc1Cl)N/N=C\c1cc(Cl)cc(Cl)c1. The third-order valence-corrected chi connectivity index (χ3v) is 4.11. The van der Waals surface area contributed by atoms with Gasteiger partial charge in [0.25, 0.3) is 11.8 Å². The quantitative estimate of drug-likeness (QED) is 0.447. The monoisotopic (exact) mass is 474 g/mol. The van der Waals surface area contributed by atoms with Crippen LogP contribution in [-0.2, 0) is 14.3 Å². The summed E-state index contributed by atoms with van der Waals surface area (Å²) in [6, 6.07) is 9.67. The molecule has 0 aliphatic heterocycles. The van der Waals surface area contributed by atoms with E-state index < -0.39 is 11.8 Å². The molecule has 0 heterocycles. The van der Waals surface area contributed by atoms with Crippen LogP contribution < -0.4 is 10.9 Å². The van der Waals surface area contributed by atoms with Crippen LogP contribution in [0.2, 0.25) is 20.1 Å². The van der Waals surface area contributed by atoms with Crippen LogP contribution in [0.15, 0.2) is 46.6 Å². The van der Waals surface area contributed by atoms with E-state index in [4.69, 9.17) is 51.1 Å². The van der Waals surface area contributed by atoms with Crippen molar-refractivity contribution in [3.63, 3.8) is 0 Å². The van der Waals surface area contributed by atoms with Crippen molar-refractivity contribution in [2.45, 2.75) is 0 Å². The second-order valence-electron chi connectivity index (χ2n) is 5.45.